The van der Waals surface area contributed by atoms with Crippen molar-refractivity contribution in [1.29, 1.82) is 0 Å². The van der Waals surface area contributed by atoms with Gasteiger partial charge in [0.2, 0.25) is 5.91 Å². The molecule has 0 aromatic carbocycles. The number of carbonyl (C=O) groups is 2. The molecule has 0 radical (unpaired) electrons. The van der Waals surface area contributed by atoms with E-state index in [1.807, 2.05) is 29.5 Å². The Kier molecular flexibility index (Phi) is 6.39. The fourth-order valence-electron chi connectivity index (χ4n) is 2.76. The summed E-state index contributed by atoms with van der Waals surface area (Å²) < 4.78 is 0. The summed E-state index contributed by atoms with van der Waals surface area (Å²) >= 11 is 1.45. The molecule has 1 N–H and O–H groups in total. The summed E-state index contributed by atoms with van der Waals surface area (Å²) in [5.74, 6) is 0.948. The van der Waals surface area contributed by atoms with Gasteiger partial charge in [-0.3, -0.25) is 9.59 Å². The van der Waals surface area contributed by atoms with Crippen LogP contribution in [0.25, 0.3) is 0 Å². The summed E-state index contributed by atoms with van der Waals surface area (Å²) in [4.78, 5) is 26.7. The summed E-state index contributed by atoms with van der Waals surface area (Å²) in [7, 11) is 1.98. The molecule has 1 aliphatic rings. The predicted molar refractivity (Wildman–Crippen MR) is 85.7 cm³/mol. The summed E-state index contributed by atoms with van der Waals surface area (Å²) in [6.07, 6.45) is 4.05. The van der Waals surface area contributed by atoms with Gasteiger partial charge < -0.3 is 10.2 Å². The zero-order chi connectivity index (χ0) is 15.1. The highest BCUT2D eigenvalue weighted by Gasteiger charge is 2.22. The number of amides is 1. The third kappa shape index (κ3) is 4.93. The second-order valence-electron chi connectivity index (χ2n) is 5.62. The van der Waals surface area contributed by atoms with Crippen molar-refractivity contribution < 1.29 is 9.59 Å². The van der Waals surface area contributed by atoms with Crippen molar-refractivity contribution in [3.05, 3.63) is 22.4 Å². The Morgan fingerprint density at radius 1 is 1.33 bits per heavy atom. The number of rotatable bonds is 7. The molecule has 1 fully saturated rings. The fourth-order valence-corrected chi connectivity index (χ4v) is 3.45. The van der Waals surface area contributed by atoms with Crippen LogP contribution in [-0.4, -0.2) is 43.3 Å². The number of carbonyl (C=O) groups excluding carboxylic acids is 2. The van der Waals surface area contributed by atoms with Gasteiger partial charge in [-0.15, -0.1) is 11.3 Å². The van der Waals surface area contributed by atoms with Crippen LogP contribution in [0.3, 0.4) is 0 Å². The van der Waals surface area contributed by atoms with Gasteiger partial charge in [0.15, 0.2) is 5.78 Å². The molecule has 0 atom stereocenters. The third-order valence-electron chi connectivity index (χ3n) is 4.13. The molecule has 1 amide bonds. The zero-order valence-corrected chi connectivity index (χ0v) is 13.5. The molecule has 0 aliphatic carbocycles. The van der Waals surface area contributed by atoms with E-state index < -0.39 is 0 Å². The molecule has 5 heteroatoms. The van der Waals surface area contributed by atoms with Crippen molar-refractivity contribution in [2.45, 2.75) is 32.1 Å². The first kappa shape index (κ1) is 16.2. The van der Waals surface area contributed by atoms with Crippen LogP contribution in [0, 0.1) is 5.92 Å². The van der Waals surface area contributed by atoms with Crippen molar-refractivity contribution in [3.63, 3.8) is 0 Å². The summed E-state index contributed by atoms with van der Waals surface area (Å²) in [5.41, 5.74) is 0. The molecule has 116 valence electrons. The van der Waals surface area contributed by atoms with Crippen LogP contribution in [-0.2, 0) is 4.79 Å². The summed E-state index contributed by atoms with van der Waals surface area (Å²) in [6, 6.07) is 3.69. The highest BCUT2D eigenvalue weighted by atomic mass is 32.1. The molecule has 1 aromatic rings. The van der Waals surface area contributed by atoms with Crippen molar-refractivity contribution >= 4 is 23.0 Å². The molecule has 0 bridgehead atoms. The first-order chi connectivity index (χ1) is 10.2. The minimum absolute atomic E-state index is 0.0854. The highest BCUT2D eigenvalue weighted by Crippen LogP contribution is 2.21. The number of nitrogens with one attached hydrogen (secondary N) is 1. The Labute approximate surface area is 130 Å². The highest BCUT2D eigenvalue weighted by molar-refractivity contribution is 7.12. The average Bonchev–Trinajstić information content (AvgIpc) is 3.05. The van der Waals surface area contributed by atoms with E-state index in [0.717, 1.165) is 43.3 Å². The summed E-state index contributed by atoms with van der Waals surface area (Å²) in [5, 5.41) is 5.07. The normalized spacial score (nSPS) is 16.1. The van der Waals surface area contributed by atoms with Gasteiger partial charge in [-0.05, 0) is 50.2 Å². The largest absolute Gasteiger partial charge is 0.343 e. The molecule has 1 aliphatic heterocycles. The number of ketones is 1. The number of hydrogen-bond acceptors (Lipinski definition) is 4. The SMILES string of the molecule is CNCCC1CCN(C(=O)CCC(=O)c2cccs2)CC1. The van der Waals surface area contributed by atoms with Crippen molar-refractivity contribution in [3.8, 4) is 0 Å². The lowest BCUT2D eigenvalue weighted by Crippen LogP contribution is -2.39. The minimum atomic E-state index is 0.0854. The van der Waals surface area contributed by atoms with Gasteiger partial charge in [-0.25, -0.2) is 0 Å². The van der Waals surface area contributed by atoms with Crippen LogP contribution in [0.1, 0.15) is 41.8 Å². The lowest BCUT2D eigenvalue weighted by atomic mass is 9.93. The second kappa shape index (κ2) is 8.29. The first-order valence-corrected chi connectivity index (χ1v) is 8.57. The van der Waals surface area contributed by atoms with E-state index in [2.05, 4.69) is 5.32 Å². The molecule has 1 aromatic heterocycles. The Balaban J connectivity index is 1.69. The fraction of sp³-hybridized carbons (Fsp3) is 0.625. The van der Waals surface area contributed by atoms with Gasteiger partial charge in [0.05, 0.1) is 4.88 Å². The van der Waals surface area contributed by atoms with Crippen LogP contribution in [0.5, 0.6) is 0 Å². The van der Waals surface area contributed by atoms with Gasteiger partial charge in [-0.1, -0.05) is 6.07 Å². The van der Waals surface area contributed by atoms with Crippen LogP contribution < -0.4 is 5.32 Å². The molecule has 0 spiro atoms. The van der Waals surface area contributed by atoms with Crippen LogP contribution in [0.15, 0.2) is 17.5 Å². The van der Waals surface area contributed by atoms with Gasteiger partial charge in [0, 0.05) is 25.9 Å². The van der Waals surface area contributed by atoms with E-state index in [9.17, 15) is 9.59 Å². The van der Waals surface area contributed by atoms with Gasteiger partial charge in [0.25, 0.3) is 0 Å². The smallest absolute Gasteiger partial charge is 0.223 e. The molecule has 1 saturated heterocycles. The molecular weight excluding hydrogens is 284 g/mol. The topological polar surface area (TPSA) is 49.4 Å². The van der Waals surface area contributed by atoms with Crippen molar-refractivity contribution in [2.75, 3.05) is 26.7 Å². The van der Waals surface area contributed by atoms with Gasteiger partial charge in [-0.2, -0.15) is 0 Å². The van der Waals surface area contributed by atoms with E-state index >= 15 is 0 Å². The molecular formula is C16H24N2O2S. The van der Waals surface area contributed by atoms with E-state index in [4.69, 9.17) is 0 Å². The number of piperidine rings is 1. The van der Waals surface area contributed by atoms with Crippen LogP contribution in [0.4, 0.5) is 0 Å². The van der Waals surface area contributed by atoms with Crippen LogP contribution in [0.2, 0.25) is 0 Å². The maximum atomic E-state index is 12.2. The molecule has 0 unspecified atom stereocenters. The third-order valence-corrected chi connectivity index (χ3v) is 5.04. The minimum Gasteiger partial charge on any atom is -0.343 e. The van der Waals surface area contributed by atoms with Gasteiger partial charge in [0.1, 0.15) is 0 Å². The first-order valence-electron chi connectivity index (χ1n) is 7.69. The number of likely N-dealkylation sites (tertiary alicyclic amines) is 1. The average molecular weight is 308 g/mol. The quantitative estimate of drug-likeness (QED) is 0.788. The Bertz CT molecular complexity index is 451. The molecule has 2 rings (SSSR count). The second-order valence-corrected chi connectivity index (χ2v) is 6.56. The van der Waals surface area contributed by atoms with Crippen LogP contribution >= 0.6 is 11.3 Å². The lowest BCUT2D eigenvalue weighted by molar-refractivity contribution is -0.132. The van der Waals surface area contributed by atoms with Gasteiger partial charge >= 0.3 is 0 Å². The number of Topliss-reactive ketones (excluding diaryl/α,β-unsaturated/α-hetero) is 1. The van der Waals surface area contributed by atoms with E-state index in [1.54, 1.807) is 0 Å². The molecule has 2 heterocycles. The zero-order valence-electron chi connectivity index (χ0n) is 12.6. The number of nitrogens with zero attached hydrogens (tertiary/aromatic N) is 1. The van der Waals surface area contributed by atoms with Crippen molar-refractivity contribution in [1.82, 2.24) is 10.2 Å². The molecule has 21 heavy (non-hydrogen) atoms. The Hall–Kier alpha value is -1.20. The molecule has 0 saturated carbocycles. The predicted octanol–water partition coefficient (Wildman–Crippen LogP) is 2.56. The summed E-state index contributed by atoms with van der Waals surface area (Å²) in [6.45, 7) is 2.74. The monoisotopic (exact) mass is 308 g/mol. The lowest BCUT2D eigenvalue weighted by Gasteiger charge is -2.32. The standard InChI is InChI=1S/C16H24N2O2S/c1-17-9-6-13-7-10-18(11-8-13)16(20)5-4-14(19)15-3-2-12-21-15/h2-3,12-13,17H,4-11H2,1H3. The maximum Gasteiger partial charge on any atom is 0.223 e. The number of thiophene rings is 1. The van der Waals surface area contributed by atoms with E-state index in [1.165, 1.54) is 17.8 Å². The Morgan fingerprint density at radius 3 is 2.71 bits per heavy atom. The van der Waals surface area contributed by atoms with E-state index in [-0.39, 0.29) is 11.7 Å². The Morgan fingerprint density at radius 2 is 2.10 bits per heavy atom. The van der Waals surface area contributed by atoms with E-state index in [0.29, 0.717) is 12.8 Å². The number of hydrogen-bond donors (Lipinski definition) is 1. The molecule has 4 nitrogen and oxygen atoms in total. The maximum absolute atomic E-state index is 12.2. The van der Waals surface area contributed by atoms with Crippen molar-refractivity contribution in [2.24, 2.45) is 5.92 Å².